The molecule has 0 N–H and O–H groups in total. The number of hydrogen-bond acceptors (Lipinski definition) is 6. The Labute approximate surface area is 484 Å². The van der Waals surface area contributed by atoms with E-state index in [2.05, 4.69) is 93.7 Å². The van der Waals surface area contributed by atoms with Crippen LogP contribution in [0.15, 0.2) is 72.9 Å². The Hall–Kier alpha value is -3.15. The normalized spacial score (nSPS) is 12.5. The fourth-order valence-electron chi connectivity index (χ4n) is 9.87. The van der Waals surface area contributed by atoms with Gasteiger partial charge in [0, 0.05) is 19.3 Å². The molecule has 0 aliphatic rings. The van der Waals surface area contributed by atoms with Crippen LogP contribution in [0, 0.1) is 0 Å². The number of rotatable bonds is 62. The van der Waals surface area contributed by atoms with Gasteiger partial charge in [-0.25, -0.2) is 0 Å². The van der Waals surface area contributed by atoms with E-state index in [9.17, 15) is 14.4 Å². The van der Waals surface area contributed by atoms with Crippen LogP contribution in [0.25, 0.3) is 0 Å². The zero-order chi connectivity index (χ0) is 56.4. The summed E-state index contributed by atoms with van der Waals surface area (Å²) in [5.74, 6) is -0.870. The van der Waals surface area contributed by atoms with Crippen molar-refractivity contribution in [3.63, 3.8) is 0 Å². The molecule has 0 saturated heterocycles. The van der Waals surface area contributed by atoms with Crippen molar-refractivity contribution in [2.24, 2.45) is 0 Å². The van der Waals surface area contributed by atoms with Crippen LogP contribution in [0.2, 0.25) is 0 Å². The van der Waals surface area contributed by atoms with Crippen molar-refractivity contribution in [2.75, 3.05) is 13.2 Å². The topological polar surface area (TPSA) is 78.9 Å². The van der Waals surface area contributed by atoms with E-state index in [-0.39, 0.29) is 31.1 Å². The second kappa shape index (κ2) is 66.4. The molecule has 452 valence electrons. The Morgan fingerprint density at radius 3 is 0.821 bits per heavy atom. The van der Waals surface area contributed by atoms with Crippen LogP contribution in [0.5, 0.6) is 0 Å². The third-order valence-corrected chi connectivity index (χ3v) is 14.9. The van der Waals surface area contributed by atoms with E-state index in [0.29, 0.717) is 19.3 Å². The molecule has 0 amide bonds. The van der Waals surface area contributed by atoms with Gasteiger partial charge in [0.2, 0.25) is 0 Å². The van der Waals surface area contributed by atoms with Crippen molar-refractivity contribution in [3.05, 3.63) is 72.9 Å². The van der Waals surface area contributed by atoms with Crippen molar-refractivity contribution in [3.8, 4) is 0 Å². The lowest BCUT2D eigenvalue weighted by Gasteiger charge is -2.18. The maximum Gasteiger partial charge on any atom is 0.306 e. The van der Waals surface area contributed by atoms with Gasteiger partial charge in [-0.3, -0.25) is 14.4 Å². The molecule has 0 bridgehead atoms. The minimum Gasteiger partial charge on any atom is -0.462 e. The first-order valence-electron chi connectivity index (χ1n) is 33.9. The van der Waals surface area contributed by atoms with Crippen LogP contribution >= 0.6 is 0 Å². The van der Waals surface area contributed by atoms with Crippen molar-refractivity contribution in [2.45, 2.75) is 354 Å². The third kappa shape index (κ3) is 63.7. The Bertz CT molecular complexity index is 1440. The van der Waals surface area contributed by atoms with Crippen LogP contribution in [0.4, 0.5) is 0 Å². The van der Waals surface area contributed by atoms with Gasteiger partial charge in [0.05, 0.1) is 0 Å². The molecule has 0 aromatic rings. The van der Waals surface area contributed by atoms with E-state index in [1.54, 1.807) is 0 Å². The Kier molecular flexibility index (Phi) is 63.7. The van der Waals surface area contributed by atoms with Crippen LogP contribution in [-0.2, 0) is 28.6 Å². The molecule has 1 unspecified atom stereocenters. The average molecular weight is 1090 g/mol. The van der Waals surface area contributed by atoms with Gasteiger partial charge in [0.25, 0.3) is 0 Å². The first-order valence-corrected chi connectivity index (χ1v) is 33.9. The summed E-state index contributed by atoms with van der Waals surface area (Å²) in [7, 11) is 0. The highest BCUT2D eigenvalue weighted by Gasteiger charge is 2.19. The number of ether oxygens (including phenoxy) is 3. The monoisotopic (exact) mass is 1090 g/mol. The molecule has 0 aliphatic heterocycles. The number of carbonyl (C=O) groups is 3. The lowest BCUT2D eigenvalue weighted by molar-refractivity contribution is -0.167. The quantitative estimate of drug-likeness (QED) is 0.0261. The Morgan fingerprint density at radius 1 is 0.269 bits per heavy atom. The van der Waals surface area contributed by atoms with Crippen molar-refractivity contribution < 1.29 is 28.6 Å². The fraction of sp³-hybridized carbons (Fsp3) is 0.792. The van der Waals surface area contributed by atoms with Gasteiger partial charge in [0.15, 0.2) is 6.10 Å². The maximum absolute atomic E-state index is 12.9. The molecule has 6 nitrogen and oxygen atoms in total. The fourth-order valence-corrected chi connectivity index (χ4v) is 9.87. The largest absolute Gasteiger partial charge is 0.462 e. The van der Waals surface area contributed by atoms with Gasteiger partial charge in [-0.1, -0.05) is 318 Å². The first kappa shape index (κ1) is 74.8. The molecular formula is C72H128O6. The molecule has 0 aromatic carbocycles. The maximum atomic E-state index is 12.9. The molecule has 0 radical (unpaired) electrons. The minimum atomic E-state index is -0.780. The summed E-state index contributed by atoms with van der Waals surface area (Å²) in [5, 5.41) is 0. The summed E-state index contributed by atoms with van der Waals surface area (Å²) in [5.41, 5.74) is 0. The van der Waals surface area contributed by atoms with Gasteiger partial charge in [-0.15, -0.1) is 0 Å². The summed E-state index contributed by atoms with van der Waals surface area (Å²) < 4.78 is 17.0. The molecule has 0 rings (SSSR count). The molecule has 0 aliphatic carbocycles. The standard InChI is InChI=1S/C72H128O6/c1-4-7-10-13-16-19-22-25-28-30-32-33-34-35-36-37-38-39-41-42-44-47-50-53-56-59-62-65-71(74)77-68-69(67-76-70(73)64-61-58-55-52-49-46-27-24-21-18-15-12-9-6-3)78-72(75)66-63-60-57-54-51-48-45-43-40-31-29-26-23-20-17-14-11-8-5-2/h7,10,15-16,18-19,24-25,27-28,32-33,69H,4-6,8-9,11-14,17,20-23,26,29-31,34-68H2,1-3H3/b10-7-,18-15-,19-16-,27-24-,28-25-,33-32-. The van der Waals surface area contributed by atoms with Crippen LogP contribution in [0.3, 0.4) is 0 Å². The van der Waals surface area contributed by atoms with Crippen LogP contribution < -0.4 is 0 Å². The minimum absolute atomic E-state index is 0.0761. The predicted molar refractivity (Wildman–Crippen MR) is 339 cm³/mol. The van der Waals surface area contributed by atoms with Crippen molar-refractivity contribution in [1.29, 1.82) is 0 Å². The van der Waals surface area contributed by atoms with Crippen LogP contribution in [-0.4, -0.2) is 37.2 Å². The third-order valence-electron chi connectivity index (χ3n) is 14.9. The summed E-state index contributed by atoms with van der Waals surface area (Å²) in [6, 6.07) is 0. The smallest absolute Gasteiger partial charge is 0.306 e. The second-order valence-electron chi connectivity index (χ2n) is 22.7. The summed E-state index contributed by atoms with van der Waals surface area (Å²) in [6.07, 6.45) is 86.3. The van der Waals surface area contributed by atoms with Gasteiger partial charge in [0.1, 0.15) is 13.2 Å². The van der Waals surface area contributed by atoms with E-state index in [4.69, 9.17) is 14.2 Å². The molecule has 6 heteroatoms. The molecule has 1 atom stereocenters. The highest BCUT2D eigenvalue weighted by atomic mass is 16.6. The van der Waals surface area contributed by atoms with Crippen molar-refractivity contribution in [1.82, 2.24) is 0 Å². The number of carbonyl (C=O) groups excluding carboxylic acids is 3. The van der Waals surface area contributed by atoms with Gasteiger partial charge < -0.3 is 14.2 Å². The van der Waals surface area contributed by atoms with E-state index in [1.807, 2.05) is 0 Å². The van der Waals surface area contributed by atoms with Gasteiger partial charge >= 0.3 is 17.9 Å². The predicted octanol–water partition coefficient (Wildman–Crippen LogP) is 23.3. The summed E-state index contributed by atoms with van der Waals surface area (Å²) in [6.45, 7) is 6.53. The van der Waals surface area contributed by atoms with Crippen molar-refractivity contribution >= 4 is 17.9 Å². The number of unbranched alkanes of at least 4 members (excludes halogenated alkanes) is 39. The highest BCUT2D eigenvalue weighted by molar-refractivity contribution is 5.71. The molecular weight excluding hydrogens is 961 g/mol. The van der Waals surface area contributed by atoms with Gasteiger partial charge in [-0.2, -0.15) is 0 Å². The SMILES string of the molecule is CC/C=C\C/C=C\C/C=C\C/C=C\CCCCCCCCCCCCCCCCC(=O)OCC(COC(=O)CCCCCCC/C=C\C/C=C\CCCC)OC(=O)CCCCCCCCCCCCCCCCCCCCC. The second-order valence-corrected chi connectivity index (χ2v) is 22.7. The zero-order valence-corrected chi connectivity index (χ0v) is 51.9. The molecule has 0 saturated carbocycles. The molecule has 0 heterocycles. The number of esters is 3. The van der Waals surface area contributed by atoms with Gasteiger partial charge in [-0.05, 0) is 83.5 Å². The summed E-state index contributed by atoms with van der Waals surface area (Å²) >= 11 is 0. The molecule has 0 spiro atoms. The Morgan fingerprint density at radius 2 is 0.513 bits per heavy atom. The highest BCUT2D eigenvalue weighted by Crippen LogP contribution is 2.18. The lowest BCUT2D eigenvalue weighted by Crippen LogP contribution is -2.30. The lowest BCUT2D eigenvalue weighted by atomic mass is 10.0. The zero-order valence-electron chi connectivity index (χ0n) is 51.9. The summed E-state index contributed by atoms with van der Waals surface area (Å²) in [4.78, 5) is 38.4. The van der Waals surface area contributed by atoms with E-state index >= 15 is 0 Å². The van der Waals surface area contributed by atoms with E-state index < -0.39 is 6.10 Å². The number of allylic oxidation sites excluding steroid dienone is 12. The van der Waals surface area contributed by atoms with E-state index in [0.717, 1.165) is 103 Å². The van der Waals surface area contributed by atoms with E-state index in [1.165, 1.54) is 205 Å². The molecule has 0 fully saturated rings. The Balaban J connectivity index is 4.26. The van der Waals surface area contributed by atoms with Crippen LogP contribution in [0.1, 0.15) is 348 Å². The average Bonchev–Trinajstić information content (AvgIpc) is 3.44. The first-order chi connectivity index (χ1) is 38.5. The number of hydrogen-bond donors (Lipinski definition) is 0. The molecule has 0 aromatic heterocycles. The molecule has 78 heavy (non-hydrogen) atoms.